The summed E-state index contributed by atoms with van der Waals surface area (Å²) >= 11 is 0. The Morgan fingerprint density at radius 2 is 1.89 bits per heavy atom. The van der Waals surface area contributed by atoms with Crippen LogP contribution in [0.15, 0.2) is 45.6 Å². The van der Waals surface area contributed by atoms with Gasteiger partial charge in [-0.25, -0.2) is 4.79 Å². The van der Waals surface area contributed by atoms with Gasteiger partial charge < -0.3 is 9.15 Å². The van der Waals surface area contributed by atoms with Gasteiger partial charge in [0.15, 0.2) is 0 Å². The Labute approximate surface area is 162 Å². The van der Waals surface area contributed by atoms with Crippen molar-refractivity contribution in [2.45, 2.75) is 45.1 Å². The van der Waals surface area contributed by atoms with Crippen LogP contribution in [0.4, 0.5) is 0 Å². The third-order valence-corrected chi connectivity index (χ3v) is 5.55. The summed E-state index contributed by atoms with van der Waals surface area (Å²) in [4.78, 5) is 35.5. The molecule has 28 heavy (non-hydrogen) atoms. The van der Waals surface area contributed by atoms with Crippen LogP contribution in [0.25, 0.3) is 0 Å². The SMILES string of the molecule is O=C1Cc2oc(=O)cc(CCCC3(COCc4ccccc4)CC3)c2C(=O)N1. The highest BCUT2D eigenvalue weighted by Gasteiger charge is 2.42. The fourth-order valence-electron chi connectivity index (χ4n) is 3.83. The average molecular weight is 381 g/mol. The molecule has 4 rings (SSSR count). The van der Waals surface area contributed by atoms with Crippen molar-refractivity contribution in [3.8, 4) is 0 Å². The number of aryl methyl sites for hydroxylation is 1. The largest absolute Gasteiger partial charge is 0.426 e. The Kier molecular flexibility index (Phi) is 5.13. The molecule has 2 heterocycles. The van der Waals surface area contributed by atoms with E-state index in [-0.39, 0.29) is 17.6 Å². The topological polar surface area (TPSA) is 85.6 Å². The van der Waals surface area contributed by atoms with E-state index in [0.717, 1.165) is 32.3 Å². The van der Waals surface area contributed by atoms with E-state index >= 15 is 0 Å². The molecule has 1 N–H and O–H groups in total. The van der Waals surface area contributed by atoms with Crippen LogP contribution in [0.1, 0.15) is 52.9 Å². The number of imide groups is 1. The number of amides is 2. The number of ether oxygens (including phenoxy) is 1. The maximum absolute atomic E-state index is 12.2. The third kappa shape index (κ3) is 4.22. The fraction of sp³-hybridized carbons (Fsp3) is 0.409. The summed E-state index contributed by atoms with van der Waals surface area (Å²) in [6, 6.07) is 11.5. The minimum absolute atomic E-state index is 0.0680. The number of carbonyl (C=O) groups excluding carboxylic acids is 2. The van der Waals surface area contributed by atoms with Gasteiger partial charge in [0.1, 0.15) is 5.76 Å². The van der Waals surface area contributed by atoms with Crippen molar-refractivity contribution in [2.24, 2.45) is 5.41 Å². The molecule has 0 unspecified atom stereocenters. The van der Waals surface area contributed by atoms with Gasteiger partial charge in [-0.1, -0.05) is 30.3 Å². The highest BCUT2D eigenvalue weighted by molar-refractivity contribution is 6.09. The van der Waals surface area contributed by atoms with Crippen LogP contribution in [0, 0.1) is 5.41 Å². The van der Waals surface area contributed by atoms with Gasteiger partial charge in [-0.3, -0.25) is 14.9 Å². The van der Waals surface area contributed by atoms with Crippen LogP contribution < -0.4 is 10.9 Å². The smallest absolute Gasteiger partial charge is 0.336 e. The molecule has 1 fully saturated rings. The van der Waals surface area contributed by atoms with Crippen molar-refractivity contribution in [3.05, 3.63) is 69.3 Å². The summed E-state index contributed by atoms with van der Waals surface area (Å²) < 4.78 is 11.0. The molecule has 2 amide bonds. The van der Waals surface area contributed by atoms with Crippen LogP contribution >= 0.6 is 0 Å². The van der Waals surface area contributed by atoms with E-state index in [1.54, 1.807) is 0 Å². The normalized spacial score (nSPS) is 17.1. The van der Waals surface area contributed by atoms with Gasteiger partial charge in [0, 0.05) is 6.07 Å². The van der Waals surface area contributed by atoms with Crippen molar-refractivity contribution in [2.75, 3.05) is 6.61 Å². The van der Waals surface area contributed by atoms with Crippen LogP contribution in [0.5, 0.6) is 0 Å². The lowest BCUT2D eigenvalue weighted by molar-refractivity contribution is -0.120. The van der Waals surface area contributed by atoms with Gasteiger partial charge in [-0.05, 0) is 48.6 Å². The molecule has 1 saturated carbocycles. The van der Waals surface area contributed by atoms with E-state index in [1.165, 1.54) is 11.6 Å². The zero-order valence-corrected chi connectivity index (χ0v) is 15.7. The van der Waals surface area contributed by atoms with Gasteiger partial charge in [-0.15, -0.1) is 0 Å². The number of fused-ring (bicyclic) bond motifs is 1. The van der Waals surface area contributed by atoms with Crippen LogP contribution in [0.3, 0.4) is 0 Å². The molecule has 6 nitrogen and oxygen atoms in total. The van der Waals surface area contributed by atoms with Crippen molar-refractivity contribution >= 4 is 11.8 Å². The van der Waals surface area contributed by atoms with E-state index in [0.29, 0.717) is 24.2 Å². The highest BCUT2D eigenvalue weighted by atomic mass is 16.5. The summed E-state index contributed by atoms with van der Waals surface area (Å²) in [5.41, 5.74) is 1.89. The highest BCUT2D eigenvalue weighted by Crippen LogP contribution is 2.50. The number of hydrogen-bond donors (Lipinski definition) is 1. The molecule has 2 aliphatic rings. The molecule has 1 aromatic heterocycles. The summed E-state index contributed by atoms with van der Waals surface area (Å²) in [5.74, 6) is -0.730. The first-order valence-corrected chi connectivity index (χ1v) is 9.66. The molecule has 0 spiro atoms. The van der Waals surface area contributed by atoms with Gasteiger partial charge in [0.25, 0.3) is 5.91 Å². The second-order valence-corrected chi connectivity index (χ2v) is 7.77. The Balaban J connectivity index is 1.33. The molecular weight excluding hydrogens is 358 g/mol. The molecule has 0 radical (unpaired) electrons. The molecular formula is C22H23NO5. The Morgan fingerprint density at radius 1 is 1.11 bits per heavy atom. The summed E-state index contributed by atoms with van der Waals surface area (Å²) in [5, 5.41) is 2.30. The second-order valence-electron chi connectivity index (χ2n) is 7.77. The first-order chi connectivity index (χ1) is 13.5. The number of hydrogen-bond acceptors (Lipinski definition) is 5. The van der Waals surface area contributed by atoms with Crippen molar-refractivity contribution < 1.29 is 18.7 Å². The minimum Gasteiger partial charge on any atom is -0.426 e. The first kappa shape index (κ1) is 18.6. The van der Waals surface area contributed by atoms with E-state index in [4.69, 9.17) is 9.15 Å². The lowest BCUT2D eigenvalue weighted by Crippen LogP contribution is -2.38. The minimum atomic E-state index is -0.511. The van der Waals surface area contributed by atoms with Gasteiger partial charge >= 0.3 is 5.63 Å². The standard InChI is InChI=1S/C22H23NO5/c24-18-12-17-20(21(26)23-18)16(11-19(25)28-17)7-4-8-22(9-10-22)14-27-13-15-5-2-1-3-6-15/h1-3,5-6,11H,4,7-10,12-14H2,(H,23,24,26). The maximum Gasteiger partial charge on any atom is 0.336 e. The summed E-state index contributed by atoms with van der Waals surface area (Å²) in [6.45, 7) is 1.34. The summed E-state index contributed by atoms with van der Waals surface area (Å²) in [7, 11) is 0. The molecule has 1 aromatic carbocycles. The molecule has 2 aromatic rings. The number of nitrogens with one attached hydrogen (secondary N) is 1. The van der Waals surface area contributed by atoms with Crippen molar-refractivity contribution in [3.63, 3.8) is 0 Å². The zero-order valence-electron chi connectivity index (χ0n) is 15.7. The predicted octanol–water partition coefficient (Wildman–Crippen LogP) is 2.77. The van der Waals surface area contributed by atoms with Crippen LogP contribution in [-0.2, 0) is 29.0 Å². The monoisotopic (exact) mass is 381 g/mol. The third-order valence-electron chi connectivity index (χ3n) is 5.55. The summed E-state index contributed by atoms with van der Waals surface area (Å²) in [6.07, 6.45) is 4.66. The van der Waals surface area contributed by atoms with E-state index in [1.807, 2.05) is 18.2 Å². The van der Waals surface area contributed by atoms with Crippen LogP contribution in [-0.4, -0.2) is 18.4 Å². The first-order valence-electron chi connectivity index (χ1n) is 9.66. The number of benzene rings is 1. The Bertz CT molecular complexity index is 943. The fourth-order valence-corrected chi connectivity index (χ4v) is 3.83. The number of rotatable bonds is 8. The Morgan fingerprint density at radius 3 is 2.64 bits per heavy atom. The molecule has 0 bridgehead atoms. The van der Waals surface area contributed by atoms with Crippen molar-refractivity contribution in [1.29, 1.82) is 0 Å². The molecule has 6 heteroatoms. The molecule has 1 aliphatic carbocycles. The lowest BCUT2D eigenvalue weighted by Gasteiger charge is -2.18. The maximum atomic E-state index is 12.2. The van der Waals surface area contributed by atoms with E-state index in [2.05, 4.69) is 17.4 Å². The quantitative estimate of drug-likeness (QED) is 0.711. The number of carbonyl (C=O) groups is 2. The molecule has 0 saturated heterocycles. The molecule has 146 valence electrons. The predicted molar refractivity (Wildman–Crippen MR) is 102 cm³/mol. The van der Waals surface area contributed by atoms with Crippen molar-refractivity contribution in [1.82, 2.24) is 5.32 Å². The zero-order chi connectivity index (χ0) is 19.6. The second kappa shape index (κ2) is 7.72. The van der Waals surface area contributed by atoms with Gasteiger partial charge in [0.2, 0.25) is 5.91 Å². The van der Waals surface area contributed by atoms with Gasteiger partial charge in [-0.2, -0.15) is 0 Å². The average Bonchev–Trinajstić information content (AvgIpc) is 3.41. The van der Waals surface area contributed by atoms with Gasteiger partial charge in [0.05, 0.1) is 25.2 Å². The van der Waals surface area contributed by atoms with E-state index in [9.17, 15) is 14.4 Å². The van der Waals surface area contributed by atoms with Crippen LogP contribution in [0.2, 0.25) is 0 Å². The Hall–Kier alpha value is -2.73. The van der Waals surface area contributed by atoms with E-state index < -0.39 is 17.4 Å². The molecule has 1 aliphatic heterocycles. The molecule has 0 atom stereocenters. The lowest BCUT2D eigenvalue weighted by atomic mass is 9.94.